The lowest BCUT2D eigenvalue weighted by atomic mass is 10.2. The molecule has 166 valence electrons. The molecule has 0 bridgehead atoms. The molecule has 2 aromatic carbocycles. The summed E-state index contributed by atoms with van der Waals surface area (Å²) in [4.78, 5) is 24.3. The first-order valence-electron chi connectivity index (χ1n) is 9.95. The zero-order chi connectivity index (χ0) is 22.6. The van der Waals surface area contributed by atoms with E-state index in [0.717, 1.165) is 6.42 Å². The summed E-state index contributed by atoms with van der Waals surface area (Å²) < 4.78 is 10.8. The molecule has 2 amide bonds. The number of halogens is 1. The summed E-state index contributed by atoms with van der Waals surface area (Å²) >= 11 is 11.4. The number of hydrogen-bond donors (Lipinski definition) is 3. The van der Waals surface area contributed by atoms with Gasteiger partial charge in [-0.05, 0) is 62.0 Å². The van der Waals surface area contributed by atoms with Gasteiger partial charge < -0.3 is 20.1 Å². The fraction of sp³-hybridized carbons (Fsp3) is 0.318. The molecule has 0 spiro atoms. The molecule has 31 heavy (non-hydrogen) atoms. The van der Waals surface area contributed by atoms with Crippen molar-refractivity contribution in [2.45, 2.75) is 26.7 Å². The summed E-state index contributed by atoms with van der Waals surface area (Å²) in [5.74, 6) is 0.0797. The van der Waals surface area contributed by atoms with Gasteiger partial charge in [-0.2, -0.15) is 0 Å². The molecule has 9 heteroatoms. The zero-order valence-electron chi connectivity index (χ0n) is 17.5. The van der Waals surface area contributed by atoms with Crippen molar-refractivity contribution in [3.63, 3.8) is 0 Å². The smallest absolute Gasteiger partial charge is 0.257 e. The van der Waals surface area contributed by atoms with Crippen molar-refractivity contribution in [1.82, 2.24) is 5.32 Å². The van der Waals surface area contributed by atoms with Crippen LogP contribution in [0.25, 0.3) is 0 Å². The van der Waals surface area contributed by atoms with Crippen LogP contribution < -0.4 is 20.7 Å². The van der Waals surface area contributed by atoms with Crippen LogP contribution in [0.15, 0.2) is 42.5 Å². The van der Waals surface area contributed by atoms with Crippen LogP contribution in [0, 0.1) is 0 Å². The Morgan fingerprint density at radius 2 is 1.87 bits per heavy atom. The maximum atomic E-state index is 12.5. The summed E-state index contributed by atoms with van der Waals surface area (Å²) in [7, 11) is 0. The minimum absolute atomic E-state index is 0.0756. The average molecular weight is 464 g/mol. The average Bonchev–Trinajstić information content (AvgIpc) is 2.74. The quantitative estimate of drug-likeness (QED) is 0.352. The second kappa shape index (κ2) is 12.9. The molecule has 0 saturated carbocycles. The van der Waals surface area contributed by atoms with E-state index >= 15 is 0 Å². The largest absolute Gasteiger partial charge is 0.491 e. The number of ether oxygens (including phenoxy) is 2. The van der Waals surface area contributed by atoms with E-state index in [0.29, 0.717) is 54.0 Å². The van der Waals surface area contributed by atoms with Gasteiger partial charge in [0.15, 0.2) is 5.11 Å². The van der Waals surface area contributed by atoms with Crippen molar-refractivity contribution in [2.75, 3.05) is 30.5 Å². The van der Waals surface area contributed by atoms with E-state index in [1.807, 2.05) is 13.8 Å². The van der Waals surface area contributed by atoms with Crippen LogP contribution in [-0.4, -0.2) is 36.7 Å². The van der Waals surface area contributed by atoms with Gasteiger partial charge in [-0.25, -0.2) is 0 Å². The molecule has 7 nitrogen and oxygen atoms in total. The number of nitrogens with one attached hydrogen (secondary N) is 3. The van der Waals surface area contributed by atoms with E-state index in [4.69, 9.17) is 33.3 Å². The Hall–Kier alpha value is -2.68. The standard InChI is InChI=1S/C22H26ClN3O4S/c1-3-6-20(27)24-16-9-10-18(23)19(14-16)25-22(31)26-21(28)15-7-5-8-17(13-15)30-12-11-29-4-2/h5,7-10,13-14H,3-4,6,11-12H2,1-2H3,(H,24,27)(H2,25,26,28,31). The maximum absolute atomic E-state index is 12.5. The molecule has 0 saturated heterocycles. The molecule has 0 unspecified atom stereocenters. The molecule has 0 heterocycles. The predicted octanol–water partition coefficient (Wildman–Crippen LogP) is 4.62. The van der Waals surface area contributed by atoms with Gasteiger partial charge in [0, 0.05) is 24.3 Å². The Morgan fingerprint density at radius 1 is 1.06 bits per heavy atom. The number of benzene rings is 2. The second-order valence-corrected chi connectivity index (χ2v) is 7.29. The van der Waals surface area contributed by atoms with Crippen LogP contribution >= 0.6 is 23.8 Å². The summed E-state index contributed by atoms with van der Waals surface area (Å²) in [5.41, 5.74) is 1.44. The third-order valence-electron chi connectivity index (χ3n) is 4.00. The Labute approximate surface area is 192 Å². The Morgan fingerprint density at radius 3 is 2.61 bits per heavy atom. The highest BCUT2D eigenvalue weighted by Gasteiger charge is 2.11. The number of carbonyl (C=O) groups excluding carboxylic acids is 2. The van der Waals surface area contributed by atoms with Gasteiger partial charge in [-0.3, -0.25) is 14.9 Å². The van der Waals surface area contributed by atoms with Crippen LogP contribution in [0.5, 0.6) is 5.75 Å². The van der Waals surface area contributed by atoms with Crippen LogP contribution in [0.3, 0.4) is 0 Å². The summed E-state index contributed by atoms with van der Waals surface area (Å²) in [5, 5.41) is 8.76. The van der Waals surface area contributed by atoms with Gasteiger partial charge in [-0.15, -0.1) is 0 Å². The molecule has 3 N–H and O–H groups in total. The topological polar surface area (TPSA) is 88.7 Å². The van der Waals surface area contributed by atoms with Gasteiger partial charge in [0.05, 0.1) is 17.3 Å². The summed E-state index contributed by atoms with van der Waals surface area (Å²) in [6.45, 7) is 5.32. The molecular weight excluding hydrogens is 438 g/mol. The zero-order valence-corrected chi connectivity index (χ0v) is 19.1. The molecular formula is C22H26ClN3O4S. The number of hydrogen-bond acceptors (Lipinski definition) is 5. The molecule has 2 rings (SSSR count). The molecule has 0 aliphatic heterocycles. The third-order valence-corrected chi connectivity index (χ3v) is 4.53. The second-order valence-electron chi connectivity index (χ2n) is 6.47. The first-order chi connectivity index (χ1) is 14.9. The van der Waals surface area contributed by atoms with E-state index in [1.165, 1.54) is 0 Å². The van der Waals surface area contributed by atoms with Crippen molar-refractivity contribution < 1.29 is 19.1 Å². The van der Waals surface area contributed by atoms with E-state index in [9.17, 15) is 9.59 Å². The monoisotopic (exact) mass is 463 g/mol. The molecule has 0 atom stereocenters. The Balaban J connectivity index is 1.96. The van der Waals surface area contributed by atoms with Crippen LogP contribution in [0.1, 0.15) is 37.0 Å². The lowest BCUT2D eigenvalue weighted by Crippen LogP contribution is -2.34. The Bertz CT molecular complexity index is 923. The highest BCUT2D eigenvalue weighted by atomic mass is 35.5. The fourth-order valence-corrected chi connectivity index (χ4v) is 2.94. The molecule has 0 radical (unpaired) electrons. The predicted molar refractivity (Wildman–Crippen MR) is 127 cm³/mol. The van der Waals surface area contributed by atoms with E-state index < -0.39 is 5.91 Å². The first-order valence-corrected chi connectivity index (χ1v) is 10.7. The van der Waals surface area contributed by atoms with Crippen molar-refractivity contribution >= 4 is 52.1 Å². The normalized spacial score (nSPS) is 10.3. The minimum Gasteiger partial charge on any atom is -0.491 e. The van der Waals surface area contributed by atoms with Gasteiger partial charge in [-0.1, -0.05) is 24.6 Å². The molecule has 0 aliphatic rings. The first kappa shape index (κ1) is 24.6. The summed E-state index contributed by atoms with van der Waals surface area (Å²) in [6, 6.07) is 11.8. The van der Waals surface area contributed by atoms with Gasteiger partial charge in [0.25, 0.3) is 5.91 Å². The third kappa shape index (κ3) is 8.53. The number of amides is 2. The molecule has 0 aliphatic carbocycles. The van der Waals surface area contributed by atoms with E-state index in [2.05, 4.69) is 16.0 Å². The van der Waals surface area contributed by atoms with Crippen LogP contribution in [0.2, 0.25) is 5.02 Å². The fourth-order valence-electron chi connectivity index (χ4n) is 2.57. The summed E-state index contributed by atoms with van der Waals surface area (Å²) in [6.07, 6.45) is 1.17. The maximum Gasteiger partial charge on any atom is 0.257 e. The minimum atomic E-state index is -0.392. The molecule has 0 aromatic heterocycles. The number of anilines is 2. The van der Waals surface area contributed by atoms with Crippen molar-refractivity contribution in [2.24, 2.45) is 0 Å². The van der Waals surface area contributed by atoms with Crippen molar-refractivity contribution in [3.8, 4) is 5.75 Å². The number of thiocarbonyl (C=S) groups is 1. The lowest BCUT2D eigenvalue weighted by molar-refractivity contribution is -0.116. The van der Waals surface area contributed by atoms with Gasteiger partial charge in [0.2, 0.25) is 5.91 Å². The Kier molecular flexibility index (Phi) is 10.2. The van der Waals surface area contributed by atoms with Crippen LogP contribution in [-0.2, 0) is 9.53 Å². The van der Waals surface area contributed by atoms with E-state index in [1.54, 1.807) is 42.5 Å². The molecule has 0 fully saturated rings. The van der Waals surface area contributed by atoms with Gasteiger partial charge in [0.1, 0.15) is 12.4 Å². The van der Waals surface area contributed by atoms with Gasteiger partial charge >= 0.3 is 0 Å². The molecule has 2 aromatic rings. The highest BCUT2D eigenvalue weighted by molar-refractivity contribution is 7.80. The number of rotatable bonds is 10. The van der Waals surface area contributed by atoms with Crippen molar-refractivity contribution in [3.05, 3.63) is 53.1 Å². The van der Waals surface area contributed by atoms with Crippen molar-refractivity contribution in [1.29, 1.82) is 0 Å². The van der Waals surface area contributed by atoms with E-state index in [-0.39, 0.29) is 11.0 Å². The number of carbonyl (C=O) groups is 2. The highest BCUT2D eigenvalue weighted by Crippen LogP contribution is 2.25. The SMILES string of the molecule is CCCC(=O)Nc1ccc(Cl)c(NC(=S)NC(=O)c2cccc(OCCOCC)c2)c1. The van der Waals surface area contributed by atoms with Crippen LogP contribution in [0.4, 0.5) is 11.4 Å². The lowest BCUT2D eigenvalue weighted by Gasteiger charge is -2.13.